The lowest BCUT2D eigenvalue weighted by atomic mass is 9.70. The fraction of sp³-hybridized carbons (Fsp3) is 0.923. The van der Waals surface area contributed by atoms with Crippen molar-refractivity contribution in [2.45, 2.75) is 51.0 Å². The van der Waals surface area contributed by atoms with Gasteiger partial charge in [-0.1, -0.05) is 6.92 Å². The van der Waals surface area contributed by atoms with Crippen LogP contribution in [0.3, 0.4) is 0 Å². The van der Waals surface area contributed by atoms with E-state index in [2.05, 4.69) is 0 Å². The minimum atomic E-state index is 0.0843. The highest BCUT2D eigenvalue weighted by atomic mass is 16.5. The number of nitrogens with two attached hydrogens (primary N) is 1. The molecule has 0 radical (unpaired) electrons. The van der Waals surface area contributed by atoms with Crippen molar-refractivity contribution in [3.8, 4) is 0 Å². The van der Waals surface area contributed by atoms with Gasteiger partial charge in [0.05, 0.1) is 5.60 Å². The van der Waals surface area contributed by atoms with Crippen LogP contribution in [0.5, 0.6) is 0 Å². The second-order valence-electron chi connectivity index (χ2n) is 5.46. The molecule has 1 spiro atoms. The Morgan fingerprint density at radius 3 is 2.88 bits per heavy atom. The van der Waals surface area contributed by atoms with Crippen molar-refractivity contribution in [1.82, 2.24) is 0 Å². The van der Waals surface area contributed by atoms with Crippen molar-refractivity contribution in [1.29, 1.82) is 0 Å². The Bertz CT molecular complexity index is 261. The first kappa shape index (κ1) is 12.1. The van der Waals surface area contributed by atoms with Gasteiger partial charge in [-0.2, -0.15) is 0 Å². The lowest BCUT2D eigenvalue weighted by molar-refractivity contribution is -0.157. The number of hydrogen-bond donors (Lipinski definition) is 1. The lowest BCUT2D eigenvalue weighted by Gasteiger charge is -2.47. The number of hydrogen-bond acceptors (Lipinski definition) is 3. The summed E-state index contributed by atoms with van der Waals surface area (Å²) in [4.78, 5) is 12.2. The Hall–Kier alpha value is -0.410. The van der Waals surface area contributed by atoms with E-state index in [1.54, 1.807) is 0 Å². The van der Waals surface area contributed by atoms with Gasteiger partial charge in [-0.3, -0.25) is 4.79 Å². The van der Waals surface area contributed by atoms with Crippen molar-refractivity contribution in [3.05, 3.63) is 0 Å². The molecule has 16 heavy (non-hydrogen) atoms. The maximum Gasteiger partial charge on any atom is 0.139 e. The summed E-state index contributed by atoms with van der Waals surface area (Å²) in [6.45, 7) is 3.39. The molecule has 2 aliphatic rings. The predicted molar refractivity (Wildman–Crippen MR) is 63.1 cm³/mol. The Kier molecular flexibility index (Phi) is 3.65. The zero-order valence-corrected chi connectivity index (χ0v) is 10.2. The molecule has 0 aromatic carbocycles. The number of carbonyl (C=O) groups excluding carboxylic acids is 1. The Labute approximate surface area is 97.7 Å². The van der Waals surface area contributed by atoms with E-state index in [9.17, 15) is 4.79 Å². The van der Waals surface area contributed by atoms with Crippen LogP contribution in [0.15, 0.2) is 0 Å². The van der Waals surface area contributed by atoms with Crippen LogP contribution in [-0.4, -0.2) is 24.5 Å². The fourth-order valence-corrected chi connectivity index (χ4v) is 2.98. The molecule has 2 N–H and O–H groups in total. The van der Waals surface area contributed by atoms with E-state index in [-0.39, 0.29) is 17.4 Å². The third kappa shape index (κ3) is 2.30. The van der Waals surface area contributed by atoms with Gasteiger partial charge in [-0.05, 0) is 45.1 Å². The highest BCUT2D eigenvalue weighted by Crippen LogP contribution is 2.44. The molecule has 2 rings (SSSR count). The van der Waals surface area contributed by atoms with Gasteiger partial charge in [0.2, 0.25) is 0 Å². The quantitative estimate of drug-likeness (QED) is 0.795. The topological polar surface area (TPSA) is 52.3 Å². The largest absolute Gasteiger partial charge is 0.375 e. The van der Waals surface area contributed by atoms with Crippen molar-refractivity contribution >= 4 is 5.78 Å². The number of ether oxygens (including phenoxy) is 1. The van der Waals surface area contributed by atoms with Crippen LogP contribution < -0.4 is 5.73 Å². The lowest BCUT2D eigenvalue weighted by Crippen LogP contribution is -2.47. The molecule has 1 saturated carbocycles. The molecule has 1 aliphatic carbocycles. The van der Waals surface area contributed by atoms with Crippen LogP contribution in [0.1, 0.15) is 45.4 Å². The SMILES string of the molecule is CC(CCN)C(=O)C1CCOC2(CCC2)C1. The molecule has 3 heteroatoms. The first-order chi connectivity index (χ1) is 7.67. The van der Waals surface area contributed by atoms with Gasteiger partial charge in [0.25, 0.3) is 0 Å². The van der Waals surface area contributed by atoms with E-state index in [4.69, 9.17) is 10.5 Å². The standard InChI is InChI=1S/C13H23NO2/c1-10(3-7-14)12(15)11-4-8-16-13(9-11)5-2-6-13/h10-11H,2-9,14H2,1H3. The maximum absolute atomic E-state index is 12.2. The summed E-state index contributed by atoms with van der Waals surface area (Å²) in [7, 11) is 0. The molecule has 1 heterocycles. The molecular weight excluding hydrogens is 202 g/mol. The molecule has 0 amide bonds. The van der Waals surface area contributed by atoms with Crippen molar-refractivity contribution < 1.29 is 9.53 Å². The van der Waals surface area contributed by atoms with Gasteiger partial charge in [0.15, 0.2) is 0 Å². The van der Waals surface area contributed by atoms with Gasteiger partial charge in [0, 0.05) is 18.4 Å². The van der Waals surface area contributed by atoms with Crippen LogP contribution >= 0.6 is 0 Å². The smallest absolute Gasteiger partial charge is 0.139 e. The normalized spacial score (nSPS) is 29.8. The first-order valence-electron chi connectivity index (χ1n) is 6.55. The second kappa shape index (κ2) is 4.84. The Balaban J connectivity index is 1.91. The number of carbonyl (C=O) groups is 1. The van der Waals surface area contributed by atoms with Gasteiger partial charge in [-0.25, -0.2) is 0 Å². The number of Topliss-reactive ketones (excluding diaryl/α,β-unsaturated/α-hetero) is 1. The summed E-state index contributed by atoms with van der Waals surface area (Å²) in [6, 6.07) is 0. The highest BCUT2D eigenvalue weighted by molar-refractivity contribution is 5.83. The zero-order valence-electron chi connectivity index (χ0n) is 10.2. The van der Waals surface area contributed by atoms with Crippen LogP contribution in [0.2, 0.25) is 0 Å². The molecule has 0 bridgehead atoms. The van der Waals surface area contributed by atoms with E-state index in [1.165, 1.54) is 6.42 Å². The average molecular weight is 225 g/mol. The van der Waals surface area contributed by atoms with E-state index < -0.39 is 0 Å². The second-order valence-corrected chi connectivity index (χ2v) is 5.46. The van der Waals surface area contributed by atoms with Crippen LogP contribution in [-0.2, 0) is 9.53 Å². The summed E-state index contributed by atoms with van der Waals surface area (Å²) >= 11 is 0. The molecule has 92 valence electrons. The van der Waals surface area contributed by atoms with Crippen LogP contribution in [0, 0.1) is 11.8 Å². The summed E-state index contributed by atoms with van der Waals surface area (Å²) in [5.41, 5.74) is 5.59. The van der Waals surface area contributed by atoms with Crippen molar-refractivity contribution in [2.24, 2.45) is 17.6 Å². The maximum atomic E-state index is 12.2. The molecular formula is C13H23NO2. The van der Waals surface area contributed by atoms with Gasteiger partial charge < -0.3 is 10.5 Å². The molecule has 1 saturated heterocycles. The average Bonchev–Trinajstić information content (AvgIpc) is 2.26. The number of ketones is 1. The Morgan fingerprint density at radius 2 is 2.31 bits per heavy atom. The molecule has 1 aliphatic heterocycles. The molecule has 0 aromatic rings. The minimum Gasteiger partial charge on any atom is -0.375 e. The first-order valence-corrected chi connectivity index (χ1v) is 6.55. The molecule has 3 nitrogen and oxygen atoms in total. The summed E-state index contributed by atoms with van der Waals surface area (Å²) < 4.78 is 5.84. The molecule has 0 aromatic heterocycles. The van der Waals surface area contributed by atoms with E-state index >= 15 is 0 Å². The zero-order chi connectivity index (χ0) is 11.6. The minimum absolute atomic E-state index is 0.0843. The van der Waals surface area contributed by atoms with E-state index in [1.807, 2.05) is 6.92 Å². The Morgan fingerprint density at radius 1 is 1.56 bits per heavy atom. The highest BCUT2D eigenvalue weighted by Gasteiger charge is 2.44. The third-order valence-electron chi connectivity index (χ3n) is 4.25. The van der Waals surface area contributed by atoms with Gasteiger partial charge in [-0.15, -0.1) is 0 Å². The summed E-state index contributed by atoms with van der Waals surface area (Å²) in [5.74, 6) is 0.779. The molecule has 2 unspecified atom stereocenters. The fourth-order valence-electron chi connectivity index (χ4n) is 2.98. The molecule has 2 fully saturated rings. The van der Waals surface area contributed by atoms with Gasteiger partial charge >= 0.3 is 0 Å². The van der Waals surface area contributed by atoms with Crippen molar-refractivity contribution in [3.63, 3.8) is 0 Å². The monoisotopic (exact) mass is 225 g/mol. The van der Waals surface area contributed by atoms with Crippen LogP contribution in [0.4, 0.5) is 0 Å². The molecule has 2 atom stereocenters. The predicted octanol–water partition coefficient (Wildman–Crippen LogP) is 1.89. The van der Waals surface area contributed by atoms with Crippen molar-refractivity contribution in [2.75, 3.05) is 13.2 Å². The van der Waals surface area contributed by atoms with Gasteiger partial charge in [0.1, 0.15) is 5.78 Å². The summed E-state index contributed by atoms with van der Waals surface area (Å²) in [6.07, 6.45) is 6.27. The van der Waals surface area contributed by atoms with E-state index in [0.717, 1.165) is 38.7 Å². The summed E-state index contributed by atoms with van der Waals surface area (Å²) in [5, 5.41) is 0. The third-order valence-corrected chi connectivity index (χ3v) is 4.25. The number of rotatable bonds is 4. The van der Waals surface area contributed by atoms with Crippen LogP contribution in [0.25, 0.3) is 0 Å². The van der Waals surface area contributed by atoms with E-state index in [0.29, 0.717) is 12.3 Å².